The first-order valence-electron chi connectivity index (χ1n) is 4.13. The Hall–Kier alpha value is -1.57. The minimum Gasteiger partial charge on any atom is -0.481 e. The van der Waals surface area contributed by atoms with Gasteiger partial charge in [0, 0.05) is 0 Å². The highest BCUT2D eigenvalue weighted by Crippen LogP contribution is 2.05. The van der Waals surface area contributed by atoms with Gasteiger partial charge in [0.1, 0.15) is 0 Å². The average Bonchev–Trinajstić information content (AvgIpc) is 2.03. The molecule has 0 unspecified atom stereocenters. The first-order valence-corrected chi connectivity index (χ1v) is 4.13. The van der Waals surface area contributed by atoms with Crippen LogP contribution in [0.1, 0.15) is 17.5 Å². The van der Waals surface area contributed by atoms with Gasteiger partial charge in [-0.05, 0) is 12.5 Å². The molecule has 13 heavy (non-hydrogen) atoms. The molecule has 1 aromatic rings. The molecule has 2 nitrogen and oxygen atoms in total. The highest BCUT2D eigenvalue weighted by atomic mass is 16.4. The summed E-state index contributed by atoms with van der Waals surface area (Å²) in [5, 5.41) is 8.39. The van der Waals surface area contributed by atoms with Gasteiger partial charge in [-0.1, -0.05) is 42.0 Å². The lowest BCUT2D eigenvalue weighted by Crippen LogP contribution is -1.89. The molecule has 0 bridgehead atoms. The quantitative estimate of drug-likeness (QED) is 0.768. The number of carbonyl (C=O) groups is 1. The van der Waals surface area contributed by atoms with Gasteiger partial charge in [-0.25, -0.2) is 0 Å². The lowest BCUT2D eigenvalue weighted by molar-refractivity contribution is -0.135. The van der Waals surface area contributed by atoms with Crippen LogP contribution in [0.15, 0.2) is 30.3 Å². The first-order chi connectivity index (χ1) is 6.18. The molecule has 0 saturated heterocycles. The van der Waals surface area contributed by atoms with Gasteiger partial charge in [0.25, 0.3) is 0 Å². The molecule has 1 N–H and O–H groups in total. The predicted molar refractivity (Wildman–Crippen MR) is 52.5 cm³/mol. The lowest BCUT2D eigenvalue weighted by atomic mass is 10.1. The number of rotatable bonds is 3. The third kappa shape index (κ3) is 3.56. The van der Waals surface area contributed by atoms with Gasteiger partial charge in [-0.3, -0.25) is 4.79 Å². The smallest absolute Gasteiger partial charge is 0.307 e. The highest BCUT2D eigenvalue weighted by Gasteiger charge is 1.90. The summed E-state index contributed by atoms with van der Waals surface area (Å²) in [5.74, 6) is -0.802. The fraction of sp³-hybridized carbons (Fsp3) is 0.182. The van der Waals surface area contributed by atoms with Crippen molar-refractivity contribution >= 4 is 12.0 Å². The molecule has 0 radical (unpaired) electrons. The van der Waals surface area contributed by atoms with Crippen molar-refractivity contribution in [3.63, 3.8) is 0 Å². The zero-order valence-electron chi connectivity index (χ0n) is 7.53. The molecule has 0 aliphatic carbocycles. The summed E-state index contributed by atoms with van der Waals surface area (Å²) in [7, 11) is 0. The zero-order valence-corrected chi connectivity index (χ0v) is 7.53. The van der Waals surface area contributed by atoms with Gasteiger partial charge in [0.15, 0.2) is 0 Å². The predicted octanol–water partition coefficient (Wildman–Crippen LogP) is 2.48. The number of aliphatic carboxylic acids is 1. The van der Waals surface area contributed by atoms with Gasteiger partial charge >= 0.3 is 5.97 Å². The Bertz CT molecular complexity index is 327. The fourth-order valence-corrected chi connectivity index (χ4v) is 1.07. The van der Waals surface area contributed by atoms with Crippen LogP contribution in [-0.4, -0.2) is 11.1 Å². The summed E-state index contributed by atoms with van der Waals surface area (Å²) in [6.45, 7) is 2.01. The molecule has 1 rings (SSSR count). The van der Waals surface area contributed by atoms with E-state index < -0.39 is 5.97 Å². The second-order valence-electron chi connectivity index (χ2n) is 2.91. The number of hydrogen-bond donors (Lipinski definition) is 1. The maximum absolute atomic E-state index is 10.2. The minimum atomic E-state index is -0.802. The molecule has 0 aliphatic rings. The SMILES string of the molecule is Cc1cccc(/C=C/CC(=O)O)c1. The summed E-state index contributed by atoms with van der Waals surface area (Å²) in [6.07, 6.45) is 3.55. The standard InChI is InChI=1S/C11H12O2/c1-9-4-2-5-10(8-9)6-3-7-11(12)13/h2-6,8H,7H2,1H3,(H,12,13)/b6-3+. The van der Waals surface area contributed by atoms with Gasteiger partial charge in [0.2, 0.25) is 0 Å². The van der Waals surface area contributed by atoms with E-state index >= 15 is 0 Å². The van der Waals surface area contributed by atoms with Crippen molar-refractivity contribution in [3.05, 3.63) is 41.5 Å². The van der Waals surface area contributed by atoms with Crippen LogP contribution in [0.3, 0.4) is 0 Å². The fourth-order valence-electron chi connectivity index (χ4n) is 1.07. The Morgan fingerprint density at radius 2 is 2.31 bits per heavy atom. The van der Waals surface area contributed by atoms with Gasteiger partial charge in [0.05, 0.1) is 6.42 Å². The molecule has 0 atom stereocenters. The maximum atomic E-state index is 10.2. The molecule has 0 amide bonds. The average molecular weight is 176 g/mol. The molecule has 0 fully saturated rings. The molecule has 0 aliphatic heterocycles. The summed E-state index contributed by atoms with van der Waals surface area (Å²) in [5.41, 5.74) is 2.22. The van der Waals surface area contributed by atoms with Crippen molar-refractivity contribution in [1.82, 2.24) is 0 Å². The van der Waals surface area contributed by atoms with Crippen LogP contribution in [0.5, 0.6) is 0 Å². The molecule has 0 heterocycles. The summed E-state index contributed by atoms with van der Waals surface area (Å²) in [4.78, 5) is 10.2. The van der Waals surface area contributed by atoms with Crippen LogP contribution in [0.2, 0.25) is 0 Å². The lowest BCUT2D eigenvalue weighted by Gasteiger charge is -1.94. The second kappa shape index (κ2) is 4.45. The van der Waals surface area contributed by atoms with Crippen molar-refractivity contribution < 1.29 is 9.90 Å². The molecule has 2 heteroatoms. The Balaban J connectivity index is 2.63. The third-order valence-electron chi connectivity index (χ3n) is 1.64. The number of hydrogen-bond acceptors (Lipinski definition) is 1. The summed E-state index contributed by atoms with van der Waals surface area (Å²) < 4.78 is 0. The van der Waals surface area contributed by atoms with E-state index in [0.717, 1.165) is 5.56 Å². The monoisotopic (exact) mass is 176 g/mol. The van der Waals surface area contributed by atoms with Crippen molar-refractivity contribution in [1.29, 1.82) is 0 Å². The van der Waals surface area contributed by atoms with E-state index in [2.05, 4.69) is 0 Å². The third-order valence-corrected chi connectivity index (χ3v) is 1.64. The van der Waals surface area contributed by atoms with Crippen LogP contribution in [0.4, 0.5) is 0 Å². The molecule has 0 aromatic heterocycles. The normalized spacial score (nSPS) is 10.5. The van der Waals surface area contributed by atoms with E-state index in [9.17, 15) is 4.79 Å². The van der Waals surface area contributed by atoms with Crippen LogP contribution in [0.25, 0.3) is 6.08 Å². The van der Waals surface area contributed by atoms with Gasteiger partial charge in [-0.2, -0.15) is 0 Å². The molecule has 0 saturated carbocycles. The van der Waals surface area contributed by atoms with E-state index in [-0.39, 0.29) is 6.42 Å². The molecular weight excluding hydrogens is 164 g/mol. The van der Waals surface area contributed by atoms with Gasteiger partial charge in [-0.15, -0.1) is 0 Å². The zero-order chi connectivity index (χ0) is 9.68. The van der Waals surface area contributed by atoms with Crippen molar-refractivity contribution in [2.45, 2.75) is 13.3 Å². The number of carboxylic acids is 1. The van der Waals surface area contributed by atoms with Crippen LogP contribution < -0.4 is 0 Å². The van der Waals surface area contributed by atoms with E-state index in [0.29, 0.717) is 0 Å². The Morgan fingerprint density at radius 1 is 1.54 bits per heavy atom. The van der Waals surface area contributed by atoms with Crippen LogP contribution >= 0.6 is 0 Å². The topological polar surface area (TPSA) is 37.3 Å². The Labute approximate surface area is 77.5 Å². The van der Waals surface area contributed by atoms with Crippen molar-refractivity contribution in [2.75, 3.05) is 0 Å². The highest BCUT2D eigenvalue weighted by molar-refractivity contribution is 5.70. The van der Waals surface area contributed by atoms with E-state index in [1.165, 1.54) is 5.56 Å². The number of aryl methyl sites for hydroxylation is 1. The maximum Gasteiger partial charge on any atom is 0.307 e. The van der Waals surface area contributed by atoms with Crippen molar-refractivity contribution in [3.8, 4) is 0 Å². The van der Waals surface area contributed by atoms with Crippen LogP contribution in [0, 0.1) is 6.92 Å². The van der Waals surface area contributed by atoms with Gasteiger partial charge < -0.3 is 5.11 Å². The second-order valence-corrected chi connectivity index (χ2v) is 2.91. The number of benzene rings is 1. The van der Waals surface area contributed by atoms with Crippen LogP contribution in [-0.2, 0) is 4.79 Å². The Kier molecular flexibility index (Phi) is 3.26. The molecule has 1 aromatic carbocycles. The number of carboxylic acid groups (broad SMARTS) is 1. The van der Waals surface area contributed by atoms with E-state index in [1.807, 2.05) is 37.3 Å². The van der Waals surface area contributed by atoms with Crippen molar-refractivity contribution in [2.24, 2.45) is 0 Å². The molecule has 0 spiro atoms. The Morgan fingerprint density at radius 3 is 2.92 bits per heavy atom. The van der Waals surface area contributed by atoms with E-state index in [4.69, 9.17) is 5.11 Å². The summed E-state index contributed by atoms with van der Waals surface area (Å²) >= 11 is 0. The summed E-state index contributed by atoms with van der Waals surface area (Å²) in [6, 6.07) is 7.92. The molecule has 68 valence electrons. The minimum absolute atomic E-state index is 0.0773. The van der Waals surface area contributed by atoms with E-state index in [1.54, 1.807) is 6.08 Å². The first kappa shape index (κ1) is 9.52. The molecular formula is C11H12O2. The largest absolute Gasteiger partial charge is 0.481 e.